The largest absolute Gasteiger partial charge is 0.325 e. The smallest absolute Gasteiger partial charge is 0.319 e. The molecule has 2 aromatic carbocycles. The van der Waals surface area contributed by atoms with Gasteiger partial charge in [-0.25, -0.2) is 4.79 Å². The van der Waals surface area contributed by atoms with E-state index in [0.29, 0.717) is 11.1 Å². The zero-order chi connectivity index (χ0) is 22.3. The topological polar surface area (TPSA) is 71.4 Å². The summed E-state index contributed by atoms with van der Waals surface area (Å²) in [5.74, 6) is -0.697. The van der Waals surface area contributed by atoms with Gasteiger partial charge in [0.2, 0.25) is 0 Å². The minimum absolute atomic E-state index is 0.271. The number of aromatic nitrogens is 1. The first-order valence-corrected chi connectivity index (χ1v) is 10.2. The van der Waals surface area contributed by atoms with Crippen molar-refractivity contribution < 1.29 is 14.4 Å². The highest BCUT2D eigenvalue weighted by Crippen LogP contribution is 2.29. The highest BCUT2D eigenvalue weighted by Gasteiger charge is 2.49. The van der Waals surface area contributed by atoms with Crippen LogP contribution in [0.5, 0.6) is 0 Å². The van der Waals surface area contributed by atoms with Gasteiger partial charge in [-0.05, 0) is 57.0 Å². The van der Waals surface area contributed by atoms with Gasteiger partial charge in [0, 0.05) is 22.6 Å². The van der Waals surface area contributed by atoms with E-state index < -0.39 is 17.5 Å². The average Bonchev–Trinajstić information content (AvgIpc) is 3.16. The number of ketones is 1. The number of rotatable bonds is 5. The van der Waals surface area contributed by atoms with Crippen LogP contribution in [0.3, 0.4) is 0 Å². The first-order valence-electron chi connectivity index (χ1n) is 10.2. The van der Waals surface area contributed by atoms with Gasteiger partial charge in [0.15, 0.2) is 5.78 Å². The Labute approximate surface area is 181 Å². The third-order valence-electron chi connectivity index (χ3n) is 5.92. The standard InChI is InChI=1S/C25H25N3O3/c1-16-9-8-12-20(13-16)28-17(2)14-21(18(28)3)22(29)15-27-23(30)25(4,26-24(27)31)19-10-6-5-7-11-19/h5-14H,15H2,1-4H3,(H,26,31). The van der Waals surface area contributed by atoms with Gasteiger partial charge < -0.3 is 9.88 Å². The fourth-order valence-electron chi connectivity index (χ4n) is 4.25. The second-order valence-corrected chi connectivity index (χ2v) is 8.19. The van der Waals surface area contributed by atoms with Crippen molar-refractivity contribution in [1.82, 2.24) is 14.8 Å². The Morgan fingerprint density at radius 2 is 1.68 bits per heavy atom. The van der Waals surface area contributed by atoms with E-state index in [0.717, 1.165) is 27.5 Å². The normalized spacial score (nSPS) is 18.4. The fourth-order valence-corrected chi connectivity index (χ4v) is 4.25. The molecule has 3 amide bonds. The van der Waals surface area contributed by atoms with Gasteiger partial charge in [0.25, 0.3) is 5.91 Å². The van der Waals surface area contributed by atoms with E-state index in [2.05, 4.69) is 11.4 Å². The van der Waals surface area contributed by atoms with Gasteiger partial charge in [-0.15, -0.1) is 0 Å². The molecule has 0 saturated carbocycles. The maximum Gasteiger partial charge on any atom is 0.325 e. The predicted molar refractivity (Wildman–Crippen MR) is 118 cm³/mol. The van der Waals surface area contributed by atoms with E-state index in [4.69, 9.17) is 0 Å². The molecule has 1 atom stereocenters. The van der Waals surface area contributed by atoms with Gasteiger partial charge in [-0.2, -0.15) is 0 Å². The van der Waals surface area contributed by atoms with Crippen LogP contribution in [0.2, 0.25) is 0 Å². The van der Waals surface area contributed by atoms with Gasteiger partial charge in [-0.1, -0.05) is 42.5 Å². The molecular formula is C25H25N3O3. The first kappa shape index (κ1) is 20.6. The minimum atomic E-state index is -1.18. The van der Waals surface area contributed by atoms with Gasteiger partial charge in [0.05, 0.1) is 6.54 Å². The van der Waals surface area contributed by atoms with E-state index in [9.17, 15) is 14.4 Å². The molecule has 0 radical (unpaired) electrons. The van der Waals surface area contributed by atoms with E-state index in [1.165, 1.54) is 0 Å². The van der Waals surface area contributed by atoms with Crippen LogP contribution >= 0.6 is 0 Å². The Hall–Kier alpha value is -3.67. The maximum absolute atomic E-state index is 13.1. The number of benzene rings is 2. The summed E-state index contributed by atoms with van der Waals surface area (Å²) in [6, 6.07) is 18.3. The Morgan fingerprint density at radius 3 is 2.35 bits per heavy atom. The lowest BCUT2D eigenvalue weighted by Crippen LogP contribution is -2.41. The van der Waals surface area contributed by atoms with Crippen LogP contribution in [0.25, 0.3) is 5.69 Å². The van der Waals surface area contributed by atoms with Crippen LogP contribution in [0.15, 0.2) is 60.7 Å². The Morgan fingerprint density at radius 1 is 0.968 bits per heavy atom. The number of nitrogens with zero attached hydrogens (tertiary/aromatic N) is 2. The number of imide groups is 1. The molecule has 31 heavy (non-hydrogen) atoms. The molecule has 2 heterocycles. The molecule has 0 spiro atoms. The summed E-state index contributed by atoms with van der Waals surface area (Å²) in [6.45, 7) is 7.20. The van der Waals surface area contributed by atoms with Crippen molar-refractivity contribution in [2.24, 2.45) is 0 Å². The first-order chi connectivity index (χ1) is 14.7. The molecule has 6 nitrogen and oxygen atoms in total. The minimum Gasteiger partial charge on any atom is -0.319 e. The van der Waals surface area contributed by atoms with Crippen molar-refractivity contribution in [3.63, 3.8) is 0 Å². The SMILES string of the molecule is Cc1cccc(-n2c(C)cc(C(=O)CN3C(=O)NC(C)(c4ccccc4)C3=O)c2C)c1. The number of Topliss-reactive ketones (excluding diaryl/α,β-unsaturated/α-hetero) is 1. The zero-order valence-electron chi connectivity index (χ0n) is 18.1. The van der Waals surface area contributed by atoms with E-state index in [-0.39, 0.29) is 12.3 Å². The molecule has 1 fully saturated rings. The van der Waals surface area contributed by atoms with Gasteiger partial charge >= 0.3 is 6.03 Å². The number of urea groups is 1. The molecule has 158 valence electrons. The third-order valence-corrected chi connectivity index (χ3v) is 5.92. The van der Waals surface area contributed by atoms with Crippen LogP contribution in [0.1, 0.15) is 39.8 Å². The Balaban J connectivity index is 1.61. The molecule has 1 aliphatic heterocycles. The summed E-state index contributed by atoms with van der Waals surface area (Å²) < 4.78 is 2.01. The summed E-state index contributed by atoms with van der Waals surface area (Å²) in [5, 5.41) is 2.75. The van der Waals surface area contributed by atoms with Crippen molar-refractivity contribution >= 4 is 17.7 Å². The van der Waals surface area contributed by atoms with Crippen LogP contribution in [0.4, 0.5) is 4.79 Å². The molecule has 6 heteroatoms. The molecular weight excluding hydrogens is 390 g/mol. The van der Waals surface area contributed by atoms with Gasteiger partial charge in [-0.3, -0.25) is 14.5 Å². The summed E-state index contributed by atoms with van der Waals surface area (Å²) in [4.78, 5) is 39.8. The van der Waals surface area contributed by atoms with E-state index in [1.54, 1.807) is 19.1 Å². The van der Waals surface area contributed by atoms with Crippen molar-refractivity contribution in [3.8, 4) is 5.69 Å². The molecule has 1 aliphatic rings. The van der Waals surface area contributed by atoms with Crippen molar-refractivity contribution in [3.05, 3.63) is 88.7 Å². The van der Waals surface area contributed by atoms with Gasteiger partial charge in [0.1, 0.15) is 5.54 Å². The second-order valence-electron chi connectivity index (χ2n) is 8.19. The third kappa shape index (κ3) is 3.44. The number of carbonyl (C=O) groups excluding carboxylic acids is 3. The lowest BCUT2D eigenvalue weighted by molar-refractivity contribution is -0.130. The fraction of sp³-hybridized carbons (Fsp3) is 0.240. The molecule has 1 unspecified atom stereocenters. The van der Waals surface area contributed by atoms with Crippen LogP contribution in [0, 0.1) is 20.8 Å². The van der Waals surface area contributed by atoms with Crippen LogP contribution < -0.4 is 5.32 Å². The molecule has 1 N–H and O–H groups in total. The van der Waals surface area contributed by atoms with Crippen molar-refractivity contribution in [2.75, 3.05) is 6.54 Å². The van der Waals surface area contributed by atoms with Crippen LogP contribution in [-0.2, 0) is 10.3 Å². The quantitative estimate of drug-likeness (QED) is 0.505. The highest BCUT2D eigenvalue weighted by molar-refractivity contribution is 6.11. The summed E-state index contributed by atoms with van der Waals surface area (Å²) in [6.07, 6.45) is 0. The maximum atomic E-state index is 13.1. The summed E-state index contributed by atoms with van der Waals surface area (Å²) in [5.41, 5.74) is 3.80. The summed E-state index contributed by atoms with van der Waals surface area (Å²) >= 11 is 0. The average molecular weight is 415 g/mol. The zero-order valence-corrected chi connectivity index (χ0v) is 18.1. The number of aryl methyl sites for hydroxylation is 2. The van der Waals surface area contributed by atoms with E-state index in [1.807, 2.05) is 67.8 Å². The van der Waals surface area contributed by atoms with Crippen LogP contribution in [-0.4, -0.2) is 33.7 Å². The number of carbonyl (C=O) groups is 3. The van der Waals surface area contributed by atoms with Crippen molar-refractivity contribution in [1.29, 1.82) is 0 Å². The molecule has 4 rings (SSSR count). The number of amides is 3. The lowest BCUT2D eigenvalue weighted by atomic mass is 9.92. The second kappa shape index (κ2) is 7.54. The number of hydrogen-bond acceptors (Lipinski definition) is 3. The highest BCUT2D eigenvalue weighted by atomic mass is 16.2. The molecule has 0 bridgehead atoms. The summed E-state index contributed by atoms with van der Waals surface area (Å²) in [7, 11) is 0. The molecule has 1 saturated heterocycles. The molecule has 0 aliphatic carbocycles. The van der Waals surface area contributed by atoms with Crippen molar-refractivity contribution in [2.45, 2.75) is 33.2 Å². The van der Waals surface area contributed by atoms with E-state index >= 15 is 0 Å². The monoisotopic (exact) mass is 415 g/mol. The number of hydrogen-bond donors (Lipinski definition) is 1. The Kier molecular flexibility index (Phi) is 5.01. The molecule has 1 aromatic heterocycles. The number of nitrogens with one attached hydrogen (secondary N) is 1. The molecule has 3 aromatic rings. The predicted octanol–water partition coefficient (Wildman–Crippen LogP) is 4.05. The lowest BCUT2D eigenvalue weighted by Gasteiger charge is -2.22. The Bertz CT molecular complexity index is 1200.